The second-order valence-corrected chi connectivity index (χ2v) is 15.0. The number of halogens is 1. The number of hydrogen-bond donors (Lipinski definition) is 1. The summed E-state index contributed by atoms with van der Waals surface area (Å²) in [6.45, 7) is 6.35. The lowest BCUT2D eigenvalue weighted by atomic mass is 9.70. The minimum atomic E-state index is -2.16. The maximum absolute atomic E-state index is 13.5. The Balaban J connectivity index is 1.34. The maximum Gasteiger partial charge on any atom is 0.343 e. The molecule has 2 aromatic carbocycles. The largest absolute Gasteiger partial charge is 0.487 e. The van der Waals surface area contributed by atoms with Crippen molar-refractivity contribution in [2.75, 3.05) is 64.9 Å². The van der Waals surface area contributed by atoms with Crippen molar-refractivity contribution in [1.82, 2.24) is 9.80 Å². The Hall–Kier alpha value is -3.11. The monoisotopic (exact) mass is 707 g/mol. The number of rotatable bonds is 5. The van der Waals surface area contributed by atoms with Crippen LogP contribution in [0.25, 0.3) is 0 Å². The highest BCUT2D eigenvalue weighted by Gasteiger charge is 2.43. The lowest BCUT2D eigenvalue weighted by Crippen LogP contribution is -2.45. The number of nitrogens with zero attached hydrogens (tertiary/aromatic N) is 3. The van der Waals surface area contributed by atoms with Gasteiger partial charge in [0.1, 0.15) is 12.4 Å². The third kappa shape index (κ3) is 8.67. The van der Waals surface area contributed by atoms with E-state index in [2.05, 4.69) is 22.0 Å². The minimum Gasteiger partial charge on any atom is -0.487 e. The molecular weight excluding hydrogens is 654 g/mol. The first kappa shape index (κ1) is 36.7. The van der Waals surface area contributed by atoms with Gasteiger partial charge in [-0.25, -0.2) is 4.79 Å². The zero-order valence-corrected chi connectivity index (χ0v) is 30.5. The second kappa shape index (κ2) is 16.9. The van der Waals surface area contributed by atoms with Crippen LogP contribution < -0.4 is 9.64 Å². The molecule has 272 valence electrons. The molecule has 4 atom stereocenters. The number of ether oxygens (including phenoxy) is 3. The molecule has 0 aromatic heterocycles. The number of fused-ring (bicyclic) bond motifs is 3. The van der Waals surface area contributed by atoms with Crippen LogP contribution >= 0.6 is 11.6 Å². The van der Waals surface area contributed by atoms with Crippen molar-refractivity contribution in [3.05, 3.63) is 70.3 Å². The smallest absolute Gasteiger partial charge is 0.343 e. The second-order valence-electron chi connectivity index (χ2n) is 14.6. The Morgan fingerprint density at radius 3 is 2.62 bits per heavy atom. The fourth-order valence-corrected chi connectivity index (χ4v) is 8.19. The molecule has 1 saturated carbocycles. The number of piperidine rings is 1. The summed E-state index contributed by atoms with van der Waals surface area (Å²) in [4.78, 5) is 33.3. The molecule has 50 heavy (non-hydrogen) atoms. The van der Waals surface area contributed by atoms with E-state index in [1.54, 1.807) is 18.0 Å². The molecule has 3 heterocycles. The van der Waals surface area contributed by atoms with Gasteiger partial charge in [-0.1, -0.05) is 42.3 Å². The van der Waals surface area contributed by atoms with E-state index in [0.29, 0.717) is 54.4 Å². The van der Waals surface area contributed by atoms with Crippen LogP contribution in [0, 0.1) is 11.8 Å². The molecule has 1 N–H and O–H groups in total. The van der Waals surface area contributed by atoms with Crippen molar-refractivity contribution in [2.24, 2.45) is 11.8 Å². The van der Waals surface area contributed by atoms with Gasteiger partial charge in [-0.2, -0.15) is 0 Å². The van der Waals surface area contributed by atoms with Crippen LogP contribution in [0.15, 0.2) is 48.6 Å². The molecule has 1 amide bonds. The predicted octanol–water partition coefficient (Wildman–Crippen LogP) is 6.13. The highest BCUT2D eigenvalue weighted by Crippen LogP contribution is 2.43. The van der Waals surface area contributed by atoms with Crippen LogP contribution in [-0.2, 0) is 37.7 Å². The van der Waals surface area contributed by atoms with E-state index in [4.69, 9.17) is 25.8 Å². The third-order valence-corrected chi connectivity index (χ3v) is 11.5. The number of anilines is 1. The zero-order chi connectivity index (χ0) is 35.1. The highest BCUT2D eigenvalue weighted by molar-refractivity contribution is 6.30. The molecule has 9 nitrogen and oxygen atoms in total. The Morgan fingerprint density at radius 1 is 1.02 bits per heavy atom. The average Bonchev–Trinajstić information content (AvgIpc) is 3.14. The van der Waals surface area contributed by atoms with E-state index in [1.807, 2.05) is 30.3 Å². The topological polar surface area (TPSA) is 91.8 Å². The van der Waals surface area contributed by atoms with E-state index in [-0.39, 0.29) is 12.0 Å². The van der Waals surface area contributed by atoms with Gasteiger partial charge in [0.15, 0.2) is 5.60 Å². The molecule has 10 heteroatoms. The standard InChI is InChI=1S/C40H54ClN3O6/c1-42-18-8-5-11-36(49-23-22-43-19-6-3-7-20-43)34-16-13-30(34)27-44-21-9-4-10-29-24-33(41)15-12-31(29)28-50-37-17-14-32(25-35(37)44)40(47,26-38(42)45)39(46)48-2/h5,11-12,14-15,17,24-25,30,34,36,47H,3-4,6-10,13,16,18-23,26-28H2,1-2H3/b11-5+/t30-,34+,36-,40+/m0/s1. The number of hydrogen-bond acceptors (Lipinski definition) is 8. The van der Waals surface area contributed by atoms with Gasteiger partial charge < -0.3 is 34.0 Å². The lowest BCUT2D eigenvalue weighted by molar-refractivity contribution is -0.168. The van der Waals surface area contributed by atoms with Crippen LogP contribution in [0.3, 0.4) is 0 Å². The Kier molecular flexibility index (Phi) is 12.4. The quantitative estimate of drug-likeness (QED) is 0.294. The Bertz CT molecular complexity index is 1510. The first-order valence-corrected chi connectivity index (χ1v) is 19.0. The average molecular weight is 708 g/mol. The van der Waals surface area contributed by atoms with Crippen molar-refractivity contribution in [2.45, 2.75) is 82.5 Å². The Morgan fingerprint density at radius 2 is 1.84 bits per heavy atom. The predicted molar refractivity (Wildman–Crippen MR) is 196 cm³/mol. The van der Waals surface area contributed by atoms with Gasteiger partial charge >= 0.3 is 5.97 Å². The zero-order valence-electron chi connectivity index (χ0n) is 29.8. The van der Waals surface area contributed by atoms with Gasteiger partial charge in [0.05, 0.1) is 31.9 Å². The van der Waals surface area contributed by atoms with Crippen LogP contribution in [0.4, 0.5) is 5.69 Å². The summed E-state index contributed by atoms with van der Waals surface area (Å²) < 4.78 is 18.3. The number of carbonyl (C=O) groups is 2. The van der Waals surface area contributed by atoms with E-state index < -0.39 is 18.0 Å². The van der Waals surface area contributed by atoms with Crippen molar-refractivity contribution in [3.63, 3.8) is 0 Å². The number of likely N-dealkylation sites (tertiary alicyclic amines) is 1. The number of methoxy groups -OCH3 is 1. The summed E-state index contributed by atoms with van der Waals surface area (Å²) in [6.07, 6.45) is 13.4. The van der Waals surface area contributed by atoms with E-state index >= 15 is 0 Å². The van der Waals surface area contributed by atoms with Crippen LogP contribution in [0.1, 0.15) is 74.5 Å². The number of aliphatic hydroxyl groups is 1. The van der Waals surface area contributed by atoms with Crippen molar-refractivity contribution in [3.8, 4) is 5.75 Å². The van der Waals surface area contributed by atoms with Gasteiger partial charge in [0.2, 0.25) is 5.91 Å². The van der Waals surface area contributed by atoms with E-state index in [1.165, 1.54) is 31.9 Å². The normalized spacial score (nSPS) is 27.5. The number of amides is 1. The number of aryl methyl sites for hydroxylation is 1. The SMILES string of the molecule is COC(=O)[C@@]1(O)CC(=O)N(C)CC/C=C/[C@H](OCCN2CCCCC2)[C@@H]2CC[C@H]2CN2CCCCc3cc(Cl)ccc3COc3ccc1cc32. The molecule has 4 aliphatic rings. The number of carbonyl (C=O) groups excluding carboxylic acids is 2. The molecule has 0 radical (unpaired) electrons. The Labute approximate surface area is 302 Å². The third-order valence-electron chi connectivity index (χ3n) is 11.3. The first-order chi connectivity index (χ1) is 24.2. The summed E-state index contributed by atoms with van der Waals surface area (Å²) >= 11 is 6.39. The first-order valence-electron chi connectivity index (χ1n) is 18.6. The molecule has 1 aliphatic carbocycles. The van der Waals surface area contributed by atoms with Crippen molar-refractivity contribution in [1.29, 1.82) is 0 Å². The number of benzene rings is 2. The lowest BCUT2D eigenvalue weighted by Gasteiger charge is -2.44. The molecule has 2 aromatic rings. The van der Waals surface area contributed by atoms with Crippen LogP contribution in [-0.4, -0.2) is 92.9 Å². The summed E-state index contributed by atoms with van der Waals surface area (Å²) in [5.41, 5.74) is 1.24. The molecule has 0 spiro atoms. The number of esters is 1. The molecule has 3 aliphatic heterocycles. The molecular formula is C40H54ClN3O6. The fraction of sp³-hybridized carbons (Fsp3) is 0.600. The van der Waals surface area contributed by atoms with Gasteiger partial charge in [-0.3, -0.25) is 4.79 Å². The van der Waals surface area contributed by atoms with Gasteiger partial charge in [0, 0.05) is 38.2 Å². The molecule has 2 fully saturated rings. The summed E-state index contributed by atoms with van der Waals surface area (Å²) in [5, 5.41) is 12.7. The summed E-state index contributed by atoms with van der Waals surface area (Å²) in [7, 11) is 2.95. The van der Waals surface area contributed by atoms with E-state index in [0.717, 1.165) is 76.1 Å². The van der Waals surface area contributed by atoms with Crippen LogP contribution in [0.5, 0.6) is 5.75 Å². The van der Waals surface area contributed by atoms with Crippen molar-refractivity contribution < 1.29 is 28.9 Å². The van der Waals surface area contributed by atoms with Gasteiger partial charge in [-0.15, -0.1) is 0 Å². The molecule has 1 saturated heterocycles. The molecule has 0 unspecified atom stereocenters. The van der Waals surface area contributed by atoms with Gasteiger partial charge in [0.25, 0.3) is 0 Å². The minimum absolute atomic E-state index is 0.00195. The summed E-state index contributed by atoms with van der Waals surface area (Å²) in [5.74, 6) is 0.224. The maximum atomic E-state index is 13.5. The highest BCUT2D eigenvalue weighted by atomic mass is 35.5. The van der Waals surface area contributed by atoms with Gasteiger partial charge in [-0.05, 0) is 117 Å². The molecule has 2 bridgehead atoms. The fourth-order valence-electron chi connectivity index (χ4n) is 7.99. The van der Waals surface area contributed by atoms with Crippen LogP contribution in [0.2, 0.25) is 5.02 Å². The van der Waals surface area contributed by atoms with Crippen molar-refractivity contribution >= 4 is 29.2 Å². The molecule has 6 rings (SSSR count). The summed E-state index contributed by atoms with van der Waals surface area (Å²) in [6, 6.07) is 11.3. The van der Waals surface area contributed by atoms with E-state index in [9.17, 15) is 14.7 Å².